The van der Waals surface area contributed by atoms with Crippen molar-refractivity contribution in [3.8, 4) is 0 Å². The molecule has 0 fully saturated rings. The van der Waals surface area contributed by atoms with Gasteiger partial charge in [0.15, 0.2) is 6.10 Å². The third kappa shape index (κ3) is 49.0. The Hall–Kier alpha value is -1.85. The second-order valence-electron chi connectivity index (χ2n) is 18.5. The number of ether oxygens (including phenoxy) is 3. The summed E-state index contributed by atoms with van der Waals surface area (Å²) in [7, 11) is 0. The summed E-state index contributed by atoms with van der Waals surface area (Å²) in [6.07, 6.45) is 56.5. The van der Waals surface area contributed by atoms with Gasteiger partial charge in [0.2, 0.25) is 0 Å². The molecule has 6 heteroatoms. The molecule has 0 heterocycles. The van der Waals surface area contributed by atoms with Crippen LogP contribution in [0.2, 0.25) is 0 Å². The van der Waals surface area contributed by atoms with E-state index in [1.54, 1.807) is 0 Å². The summed E-state index contributed by atoms with van der Waals surface area (Å²) in [6, 6.07) is 0. The Morgan fingerprint density at radius 2 is 0.541 bits per heavy atom. The zero-order valence-electron chi connectivity index (χ0n) is 41.2. The molecule has 0 aromatic rings. The number of esters is 3. The Bertz CT molecular complexity index is 947. The molecule has 0 aliphatic rings. The molecule has 0 saturated carbocycles. The van der Waals surface area contributed by atoms with Gasteiger partial charge in [-0.1, -0.05) is 251 Å². The molecule has 0 spiro atoms. The van der Waals surface area contributed by atoms with Gasteiger partial charge in [-0.3, -0.25) is 14.4 Å². The lowest BCUT2D eigenvalue weighted by atomic mass is 10.0. The summed E-state index contributed by atoms with van der Waals surface area (Å²) in [5, 5.41) is 0. The molecule has 0 bridgehead atoms. The first-order valence-electron chi connectivity index (χ1n) is 27.2. The van der Waals surface area contributed by atoms with E-state index in [0.29, 0.717) is 19.3 Å². The maximum atomic E-state index is 12.7. The van der Waals surface area contributed by atoms with Crippen LogP contribution in [-0.4, -0.2) is 37.2 Å². The van der Waals surface area contributed by atoms with Crippen molar-refractivity contribution in [2.75, 3.05) is 13.2 Å². The van der Waals surface area contributed by atoms with E-state index in [1.807, 2.05) is 0 Å². The lowest BCUT2D eigenvalue weighted by Crippen LogP contribution is -2.30. The van der Waals surface area contributed by atoms with Gasteiger partial charge < -0.3 is 14.2 Å². The number of allylic oxidation sites excluding steroid dienone is 2. The van der Waals surface area contributed by atoms with E-state index in [0.717, 1.165) is 57.8 Å². The number of carbonyl (C=O) groups is 3. The lowest BCUT2D eigenvalue weighted by molar-refractivity contribution is -0.167. The average Bonchev–Trinajstić information content (AvgIpc) is 3.26. The Labute approximate surface area is 380 Å². The molecule has 0 aliphatic heterocycles. The Balaban J connectivity index is 4.11. The third-order valence-corrected chi connectivity index (χ3v) is 12.3. The first-order valence-corrected chi connectivity index (χ1v) is 27.2. The van der Waals surface area contributed by atoms with Crippen LogP contribution in [-0.2, 0) is 28.6 Å². The highest BCUT2D eigenvalue weighted by Gasteiger charge is 2.19. The molecular weight excluding hydrogens is 757 g/mol. The van der Waals surface area contributed by atoms with E-state index in [2.05, 4.69) is 32.9 Å². The number of hydrogen-bond acceptors (Lipinski definition) is 6. The van der Waals surface area contributed by atoms with Crippen molar-refractivity contribution in [1.29, 1.82) is 0 Å². The van der Waals surface area contributed by atoms with E-state index < -0.39 is 6.10 Å². The fourth-order valence-corrected chi connectivity index (χ4v) is 8.14. The largest absolute Gasteiger partial charge is 0.462 e. The molecule has 0 N–H and O–H groups in total. The zero-order valence-corrected chi connectivity index (χ0v) is 41.2. The number of rotatable bonds is 50. The fourth-order valence-electron chi connectivity index (χ4n) is 8.14. The van der Waals surface area contributed by atoms with Crippen molar-refractivity contribution >= 4 is 17.9 Å². The van der Waals surface area contributed by atoms with E-state index in [9.17, 15) is 14.4 Å². The molecule has 6 nitrogen and oxygen atoms in total. The van der Waals surface area contributed by atoms with E-state index in [1.165, 1.54) is 205 Å². The Morgan fingerprint density at radius 3 is 0.820 bits per heavy atom. The standard InChI is InChI=1S/C55H104O6/c1-4-7-10-13-16-18-20-22-23-24-25-26-27-28-29-30-31-33-34-36-39-42-45-48-54(57)60-51-52(50-59-53(56)47-44-41-38-15-12-9-6-3)61-55(58)49-46-43-40-37-35-32-21-19-17-14-11-8-5-2/h24-25,52H,4-23,26-51H2,1-3H3/b25-24-. The molecule has 0 rings (SSSR count). The summed E-state index contributed by atoms with van der Waals surface area (Å²) < 4.78 is 16.7. The SMILES string of the molecule is CCCCCCCCCC/C=C\CCCCCCCCCCCCCC(=O)OCC(COC(=O)CCCCCCCCC)OC(=O)CCCCCCCCCCCCCCC. The molecule has 360 valence electrons. The molecule has 0 aliphatic carbocycles. The van der Waals surface area contributed by atoms with Gasteiger partial charge in [0.25, 0.3) is 0 Å². The zero-order chi connectivity index (χ0) is 44.4. The summed E-state index contributed by atoms with van der Waals surface area (Å²) in [5.41, 5.74) is 0. The van der Waals surface area contributed by atoms with Crippen LogP contribution in [0.4, 0.5) is 0 Å². The first kappa shape index (κ1) is 59.1. The number of carbonyl (C=O) groups excluding carboxylic acids is 3. The topological polar surface area (TPSA) is 78.9 Å². The summed E-state index contributed by atoms with van der Waals surface area (Å²) in [4.78, 5) is 37.8. The highest BCUT2D eigenvalue weighted by Crippen LogP contribution is 2.16. The molecule has 0 amide bonds. The third-order valence-electron chi connectivity index (χ3n) is 12.3. The Morgan fingerprint density at radius 1 is 0.311 bits per heavy atom. The molecule has 0 aromatic carbocycles. The minimum absolute atomic E-state index is 0.0655. The maximum Gasteiger partial charge on any atom is 0.306 e. The van der Waals surface area contributed by atoms with Gasteiger partial charge in [-0.15, -0.1) is 0 Å². The summed E-state index contributed by atoms with van der Waals surface area (Å²) in [6.45, 7) is 6.63. The van der Waals surface area contributed by atoms with Crippen molar-refractivity contribution in [3.63, 3.8) is 0 Å². The van der Waals surface area contributed by atoms with Crippen molar-refractivity contribution in [1.82, 2.24) is 0 Å². The van der Waals surface area contributed by atoms with Gasteiger partial charge in [0.05, 0.1) is 0 Å². The molecule has 61 heavy (non-hydrogen) atoms. The van der Waals surface area contributed by atoms with Gasteiger partial charge in [0.1, 0.15) is 13.2 Å². The van der Waals surface area contributed by atoms with Crippen LogP contribution in [0.15, 0.2) is 12.2 Å². The van der Waals surface area contributed by atoms with E-state index in [4.69, 9.17) is 14.2 Å². The van der Waals surface area contributed by atoms with E-state index in [-0.39, 0.29) is 31.1 Å². The molecule has 0 saturated heterocycles. The van der Waals surface area contributed by atoms with Crippen molar-refractivity contribution in [2.24, 2.45) is 0 Å². The minimum Gasteiger partial charge on any atom is -0.462 e. The maximum absolute atomic E-state index is 12.7. The molecule has 0 aromatic heterocycles. The summed E-state index contributed by atoms with van der Waals surface area (Å²) >= 11 is 0. The van der Waals surface area contributed by atoms with Gasteiger partial charge >= 0.3 is 17.9 Å². The highest BCUT2D eigenvalue weighted by molar-refractivity contribution is 5.71. The smallest absolute Gasteiger partial charge is 0.306 e. The van der Waals surface area contributed by atoms with Crippen LogP contribution in [0.5, 0.6) is 0 Å². The Kier molecular flexibility index (Phi) is 49.3. The van der Waals surface area contributed by atoms with Crippen LogP contribution in [0.1, 0.15) is 303 Å². The van der Waals surface area contributed by atoms with Gasteiger partial charge in [-0.05, 0) is 44.9 Å². The normalized spacial score (nSPS) is 12.0. The quantitative estimate of drug-likeness (QED) is 0.0262. The van der Waals surface area contributed by atoms with Gasteiger partial charge in [0, 0.05) is 19.3 Å². The van der Waals surface area contributed by atoms with Gasteiger partial charge in [-0.25, -0.2) is 0 Å². The minimum atomic E-state index is -0.761. The van der Waals surface area contributed by atoms with Crippen LogP contribution >= 0.6 is 0 Å². The molecule has 1 atom stereocenters. The second-order valence-corrected chi connectivity index (χ2v) is 18.5. The fraction of sp³-hybridized carbons (Fsp3) is 0.909. The lowest BCUT2D eigenvalue weighted by Gasteiger charge is -2.18. The van der Waals surface area contributed by atoms with Crippen molar-refractivity contribution in [3.05, 3.63) is 12.2 Å². The van der Waals surface area contributed by atoms with E-state index >= 15 is 0 Å². The summed E-state index contributed by atoms with van der Waals surface area (Å²) in [5.74, 6) is -0.856. The van der Waals surface area contributed by atoms with Crippen molar-refractivity contribution in [2.45, 2.75) is 309 Å². The second kappa shape index (κ2) is 50.8. The predicted molar refractivity (Wildman–Crippen MR) is 261 cm³/mol. The predicted octanol–water partition coefficient (Wildman–Crippen LogP) is 17.8. The highest BCUT2D eigenvalue weighted by atomic mass is 16.6. The van der Waals surface area contributed by atoms with Crippen molar-refractivity contribution < 1.29 is 28.6 Å². The number of unbranched alkanes of at least 4 members (excludes halogenated alkanes) is 37. The van der Waals surface area contributed by atoms with Crippen LogP contribution in [0.25, 0.3) is 0 Å². The average molecular weight is 861 g/mol. The monoisotopic (exact) mass is 861 g/mol. The first-order chi connectivity index (χ1) is 30.0. The number of hydrogen-bond donors (Lipinski definition) is 0. The van der Waals surface area contributed by atoms with Crippen LogP contribution in [0, 0.1) is 0 Å². The molecule has 1 unspecified atom stereocenters. The van der Waals surface area contributed by atoms with Crippen LogP contribution < -0.4 is 0 Å². The van der Waals surface area contributed by atoms with Crippen LogP contribution in [0.3, 0.4) is 0 Å². The van der Waals surface area contributed by atoms with Gasteiger partial charge in [-0.2, -0.15) is 0 Å². The molecule has 0 radical (unpaired) electrons. The molecular formula is C55H104O6.